The number of hydrogen-bond donors (Lipinski definition) is 4. The van der Waals surface area contributed by atoms with Crippen molar-refractivity contribution in [2.24, 2.45) is 0 Å². The summed E-state index contributed by atoms with van der Waals surface area (Å²) < 4.78 is 9.48. The third-order valence-electron chi connectivity index (χ3n) is 2.11. The fourth-order valence-electron chi connectivity index (χ4n) is 1.35. The van der Waals surface area contributed by atoms with Gasteiger partial charge in [-0.2, -0.15) is 0 Å². The first-order chi connectivity index (χ1) is 6.11. The Hall–Kier alpha value is -0.240. The van der Waals surface area contributed by atoms with Crippen molar-refractivity contribution >= 4 is 0 Å². The van der Waals surface area contributed by atoms with Gasteiger partial charge >= 0.3 is 0 Å². The Morgan fingerprint density at radius 1 is 1.23 bits per heavy atom. The minimum Gasteiger partial charge on any atom is -0.394 e. The van der Waals surface area contributed by atoms with Crippen molar-refractivity contribution in [2.45, 2.75) is 30.7 Å². The zero-order valence-electron chi connectivity index (χ0n) is 7.20. The maximum absolute atomic E-state index is 9.44. The van der Waals surface area contributed by atoms with Crippen LogP contribution >= 0.6 is 0 Å². The molecule has 0 aliphatic carbocycles. The predicted molar refractivity (Wildman–Crippen MR) is 40.8 cm³/mol. The monoisotopic (exact) mass is 194 g/mol. The molecule has 0 radical (unpaired) electrons. The van der Waals surface area contributed by atoms with Gasteiger partial charge in [0.25, 0.3) is 0 Å². The molecular weight excluding hydrogens is 180 g/mol. The molecule has 0 amide bonds. The van der Waals surface area contributed by atoms with Gasteiger partial charge in [-0.15, -0.1) is 0 Å². The Balaban J connectivity index is 2.69. The van der Waals surface area contributed by atoms with Crippen molar-refractivity contribution in [3.05, 3.63) is 0 Å². The van der Waals surface area contributed by atoms with E-state index in [4.69, 9.17) is 19.7 Å². The molecule has 0 spiro atoms. The van der Waals surface area contributed by atoms with Gasteiger partial charge in [-0.3, -0.25) is 0 Å². The van der Waals surface area contributed by atoms with Crippen LogP contribution in [-0.4, -0.2) is 64.8 Å². The molecule has 0 bridgehead atoms. The van der Waals surface area contributed by atoms with Gasteiger partial charge in [-0.25, -0.2) is 0 Å². The molecule has 1 aliphatic rings. The number of aliphatic hydroxyl groups is 4. The van der Waals surface area contributed by atoms with E-state index in [9.17, 15) is 10.2 Å². The lowest BCUT2D eigenvalue weighted by molar-refractivity contribution is -0.290. The molecular formula is C7H14O6. The topological polar surface area (TPSA) is 99.4 Å². The van der Waals surface area contributed by atoms with Gasteiger partial charge in [0, 0.05) is 7.11 Å². The van der Waals surface area contributed by atoms with Crippen LogP contribution in [0.25, 0.3) is 0 Å². The highest BCUT2D eigenvalue weighted by Crippen LogP contribution is 2.21. The van der Waals surface area contributed by atoms with E-state index in [1.165, 1.54) is 7.11 Å². The van der Waals surface area contributed by atoms with Crippen LogP contribution in [0.3, 0.4) is 0 Å². The Morgan fingerprint density at radius 3 is 2.31 bits per heavy atom. The maximum atomic E-state index is 9.44. The summed E-state index contributed by atoms with van der Waals surface area (Å²) in [6, 6.07) is 0. The Kier molecular flexibility index (Phi) is 3.60. The Bertz CT molecular complexity index is 163. The summed E-state index contributed by atoms with van der Waals surface area (Å²) in [5.41, 5.74) is 0. The Morgan fingerprint density at radius 2 is 1.85 bits per heavy atom. The standard InChI is InChI=1S/C7H14O6/c1-12-6-4(9)3(2-8)13-7(11)5(6)10/h3-11H,2H2,1H3/t3-,4-,5-,6-,7?/m1/s1. The van der Waals surface area contributed by atoms with E-state index in [2.05, 4.69) is 0 Å². The zero-order chi connectivity index (χ0) is 10.0. The van der Waals surface area contributed by atoms with Crippen LogP contribution in [0.5, 0.6) is 0 Å². The molecule has 1 fully saturated rings. The molecule has 0 saturated carbocycles. The third-order valence-corrected chi connectivity index (χ3v) is 2.11. The van der Waals surface area contributed by atoms with E-state index in [0.717, 1.165) is 0 Å². The van der Waals surface area contributed by atoms with E-state index < -0.39 is 37.3 Å². The van der Waals surface area contributed by atoms with E-state index in [1.807, 2.05) is 0 Å². The second-order valence-corrected chi connectivity index (χ2v) is 2.93. The SMILES string of the molecule is CO[C@@H]1[C@H](O)[C@@H](CO)OC(O)[C@@H]1O. The normalized spacial score (nSPS) is 46.4. The van der Waals surface area contributed by atoms with Crippen molar-refractivity contribution in [3.63, 3.8) is 0 Å². The molecule has 1 saturated heterocycles. The van der Waals surface area contributed by atoms with Gasteiger partial charge in [0.15, 0.2) is 6.29 Å². The molecule has 6 nitrogen and oxygen atoms in total. The molecule has 1 rings (SSSR count). The van der Waals surface area contributed by atoms with E-state index in [1.54, 1.807) is 0 Å². The van der Waals surface area contributed by atoms with Gasteiger partial charge in [0.05, 0.1) is 6.61 Å². The maximum Gasteiger partial charge on any atom is 0.184 e. The molecule has 1 unspecified atom stereocenters. The summed E-state index contributed by atoms with van der Waals surface area (Å²) in [6.45, 7) is -0.440. The third kappa shape index (κ3) is 1.98. The highest BCUT2D eigenvalue weighted by molar-refractivity contribution is 4.89. The summed E-state index contributed by atoms with van der Waals surface area (Å²) in [4.78, 5) is 0. The van der Waals surface area contributed by atoms with Gasteiger partial charge in [0.2, 0.25) is 0 Å². The average molecular weight is 194 g/mol. The average Bonchev–Trinajstić information content (AvgIpc) is 2.12. The van der Waals surface area contributed by atoms with Gasteiger partial charge in [-0.1, -0.05) is 0 Å². The minimum atomic E-state index is -1.44. The summed E-state index contributed by atoms with van der Waals surface area (Å²) in [5, 5.41) is 36.6. The molecule has 78 valence electrons. The number of rotatable bonds is 2. The first-order valence-electron chi connectivity index (χ1n) is 3.95. The molecule has 4 N–H and O–H groups in total. The van der Waals surface area contributed by atoms with Crippen LogP contribution in [0.1, 0.15) is 0 Å². The molecule has 13 heavy (non-hydrogen) atoms. The molecule has 0 aromatic heterocycles. The van der Waals surface area contributed by atoms with Crippen molar-refractivity contribution in [1.82, 2.24) is 0 Å². The lowest BCUT2D eigenvalue weighted by Gasteiger charge is -2.39. The first kappa shape index (κ1) is 10.8. The van der Waals surface area contributed by atoms with Gasteiger partial charge in [-0.05, 0) is 0 Å². The fourth-order valence-corrected chi connectivity index (χ4v) is 1.35. The molecule has 1 aliphatic heterocycles. The van der Waals surface area contributed by atoms with E-state index in [0.29, 0.717) is 0 Å². The van der Waals surface area contributed by atoms with Crippen molar-refractivity contribution in [1.29, 1.82) is 0 Å². The second-order valence-electron chi connectivity index (χ2n) is 2.93. The summed E-state index contributed by atoms with van der Waals surface area (Å²) in [5.74, 6) is 0. The van der Waals surface area contributed by atoms with Crippen LogP contribution in [0.2, 0.25) is 0 Å². The molecule has 0 aromatic carbocycles. The van der Waals surface area contributed by atoms with E-state index >= 15 is 0 Å². The van der Waals surface area contributed by atoms with Crippen molar-refractivity contribution in [3.8, 4) is 0 Å². The molecule has 0 aromatic rings. The van der Waals surface area contributed by atoms with Crippen LogP contribution in [0.15, 0.2) is 0 Å². The van der Waals surface area contributed by atoms with Crippen molar-refractivity contribution in [2.75, 3.05) is 13.7 Å². The molecule has 5 atom stereocenters. The minimum absolute atomic E-state index is 0.440. The van der Waals surface area contributed by atoms with Crippen LogP contribution in [0.4, 0.5) is 0 Å². The van der Waals surface area contributed by atoms with Gasteiger partial charge in [0.1, 0.15) is 24.4 Å². The van der Waals surface area contributed by atoms with Crippen LogP contribution < -0.4 is 0 Å². The molecule has 6 heteroatoms. The summed E-state index contributed by atoms with van der Waals surface area (Å²) in [7, 11) is 1.30. The number of hydrogen-bond acceptors (Lipinski definition) is 6. The van der Waals surface area contributed by atoms with Crippen LogP contribution in [0, 0.1) is 0 Å². The van der Waals surface area contributed by atoms with E-state index in [-0.39, 0.29) is 0 Å². The van der Waals surface area contributed by atoms with Crippen LogP contribution in [-0.2, 0) is 9.47 Å². The second kappa shape index (κ2) is 4.32. The lowest BCUT2D eigenvalue weighted by Crippen LogP contribution is -2.59. The number of methoxy groups -OCH3 is 1. The fraction of sp³-hybridized carbons (Fsp3) is 1.00. The van der Waals surface area contributed by atoms with Crippen molar-refractivity contribution < 1.29 is 29.9 Å². The quantitative estimate of drug-likeness (QED) is 0.386. The highest BCUT2D eigenvalue weighted by Gasteiger charge is 2.43. The number of aliphatic hydroxyl groups excluding tert-OH is 4. The lowest BCUT2D eigenvalue weighted by atomic mass is 9.99. The molecule has 1 heterocycles. The summed E-state index contributed by atoms with van der Waals surface area (Å²) in [6.07, 6.45) is -5.76. The smallest absolute Gasteiger partial charge is 0.184 e. The zero-order valence-corrected chi connectivity index (χ0v) is 7.20. The largest absolute Gasteiger partial charge is 0.394 e. The summed E-state index contributed by atoms with van der Waals surface area (Å²) >= 11 is 0. The van der Waals surface area contributed by atoms with Gasteiger partial charge < -0.3 is 29.9 Å². The highest BCUT2D eigenvalue weighted by atomic mass is 16.6. The Labute approximate surface area is 75.3 Å². The number of ether oxygens (including phenoxy) is 2. The predicted octanol–water partition coefficient (Wildman–Crippen LogP) is -2.57. The first-order valence-corrected chi connectivity index (χ1v) is 3.95.